The van der Waals surface area contributed by atoms with Gasteiger partial charge in [-0.15, -0.1) is 0 Å². The van der Waals surface area contributed by atoms with Gasteiger partial charge in [0.1, 0.15) is 6.04 Å². The molecule has 0 aliphatic heterocycles. The molecule has 11 N–H and O–H groups in total. The van der Waals surface area contributed by atoms with Gasteiger partial charge in [0.25, 0.3) is 5.91 Å². The summed E-state index contributed by atoms with van der Waals surface area (Å²) in [5.41, 5.74) is 20.2. The van der Waals surface area contributed by atoms with E-state index in [1.54, 1.807) is 48.7 Å². The Hall–Kier alpha value is -7.10. The van der Waals surface area contributed by atoms with Crippen LogP contribution in [-0.2, 0) is 43.2 Å². The largest absolute Gasteiger partial charge is 0.370 e. The monoisotopic (exact) mass is 802 g/mol. The number of carbonyl (C=O) groups is 6. The van der Waals surface area contributed by atoms with Crippen molar-refractivity contribution >= 4 is 52.1 Å². The van der Waals surface area contributed by atoms with Crippen molar-refractivity contribution in [3.8, 4) is 0 Å². The first-order chi connectivity index (χ1) is 28.5. The number of aromatic nitrogens is 3. The Morgan fingerprint density at radius 1 is 0.729 bits per heavy atom. The number of nitrogens with two attached hydrogens (primary N) is 3. The molecule has 16 nitrogen and oxygen atoms in total. The number of imidazole rings is 1. The predicted molar refractivity (Wildman–Crippen MR) is 222 cm³/mol. The number of rotatable bonds is 23. The third-order valence-corrected chi connectivity index (χ3v) is 9.92. The number of guanidine groups is 1. The maximum absolute atomic E-state index is 14.3. The smallest absolute Gasteiger partial charge is 0.251 e. The Kier molecular flexibility index (Phi) is 15.6. The first kappa shape index (κ1) is 43.0. The Balaban J connectivity index is 1.34. The Morgan fingerprint density at radius 2 is 1.41 bits per heavy atom. The number of ketones is 2. The number of hydrogen-bond donors (Lipinski definition) is 8. The molecular weight excluding hydrogens is 753 g/mol. The number of hydrogen-bond acceptors (Lipinski definition) is 8. The lowest BCUT2D eigenvalue weighted by Gasteiger charge is -2.25. The van der Waals surface area contributed by atoms with Crippen molar-refractivity contribution in [3.05, 3.63) is 126 Å². The molecule has 0 aliphatic rings. The van der Waals surface area contributed by atoms with Crippen molar-refractivity contribution in [1.82, 2.24) is 30.9 Å². The molecule has 0 radical (unpaired) electrons. The quantitative estimate of drug-likeness (QED) is 0.0272. The van der Waals surface area contributed by atoms with Crippen LogP contribution in [0.3, 0.4) is 0 Å². The molecule has 0 aliphatic carbocycles. The van der Waals surface area contributed by atoms with Crippen LogP contribution in [0.25, 0.3) is 10.9 Å². The van der Waals surface area contributed by atoms with Gasteiger partial charge < -0.3 is 43.1 Å². The molecule has 4 atom stereocenters. The molecule has 59 heavy (non-hydrogen) atoms. The maximum atomic E-state index is 14.3. The molecule has 5 rings (SSSR count). The number of carbonyl (C=O) groups excluding carboxylic acids is 6. The van der Waals surface area contributed by atoms with Crippen molar-refractivity contribution < 1.29 is 28.8 Å². The van der Waals surface area contributed by atoms with Gasteiger partial charge in [0.05, 0.1) is 24.8 Å². The summed E-state index contributed by atoms with van der Waals surface area (Å²) in [7, 11) is 0. The second-order valence-electron chi connectivity index (χ2n) is 14.4. The predicted octanol–water partition coefficient (Wildman–Crippen LogP) is 2.01. The average molecular weight is 803 g/mol. The van der Waals surface area contributed by atoms with E-state index >= 15 is 0 Å². The number of nitrogens with one attached hydrogen (secondary N) is 5. The molecule has 2 aromatic heterocycles. The number of H-pyrrole nitrogens is 2. The van der Waals surface area contributed by atoms with Crippen LogP contribution in [-0.4, -0.2) is 81.3 Å². The number of primary amides is 1. The van der Waals surface area contributed by atoms with Gasteiger partial charge in [0, 0.05) is 72.7 Å². The summed E-state index contributed by atoms with van der Waals surface area (Å²) in [5, 5.41) is 9.13. The third-order valence-electron chi connectivity index (χ3n) is 9.92. The molecule has 4 amide bonds. The normalized spacial score (nSPS) is 13.0. The number of fused-ring (bicyclic) bond motifs is 1. The second kappa shape index (κ2) is 21.4. The van der Waals surface area contributed by atoms with Crippen molar-refractivity contribution in [2.45, 2.75) is 57.0 Å². The van der Waals surface area contributed by atoms with Crippen molar-refractivity contribution in [2.75, 3.05) is 13.1 Å². The van der Waals surface area contributed by atoms with Crippen LogP contribution in [0, 0.1) is 11.8 Å². The van der Waals surface area contributed by atoms with Crippen molar-refractivity contribution in [3.63, 3.8) is 0 Å². The van der Waals surface area contributed by atoms with E-state index in [9.17, 15) is 28.8 Å². The molecule has 0 saturated carbocycles. The van der Waals surface area contributed by atoms with E-state index in [1.165, 1.54) is 12.5 Å². The van der Waals surface area contributed by atoms with Gasteiger partial charge in [0.2, 0.25) is 17.7 Å². The number of aliphatic imine (C=N–C) groups is 1. The highest BCUT2D eigenvalue weighted by Crippen LogP contribution is 2.21. The first-order valence-corrected chi connectivity index (χ1v) is 19.4. The number of nitrogens with zero attached hydrogens (tertiary/aromatic N) is 2. The summed E-state index contributed by atoms with van der Waals surface area (Å²) >= 11 is 0. The third kappa shape index (κ3) is 13.2. The van der Waals surface area contributed by atoms with Crippen LogP contribution in [0.1, 0.15) is 52.9 Å². The highest BCUT2D eigenvalue weighted by atomic mass is 16.2. The highest BCUT2D eigenvalue weighted by molar-refractivity contribution is 5.98. The van der Waals surface area contributed by atoms with E-state index in [2.05, 4.69) is 35.9 Å². The van der Waals surface area contributed by atoms with Crippen molar-refractivity contribution in [2.24, 2.45) is 34.0 Å². The first-order valence-electron chi connectivity index (χ1n) is 19.4. The van der Waals surface area contributed by atoms with E-state index in [-0.39, 0.29) is 57.6 Å². The van der Waals surface area contributed by atoms with Crippen LogP contribution >= 0.6 is 0 Å². The van der Waals surface area contributed by atoms with Crippen LogP contribution in [0.4, 0.5) is 0 Å². The summed E-state index contributed by atoms with van der Waals surface area (Å²) < 4.78 is 0. The molecule has 0 fully saturated rings. The summed E-state index contributed by atoms with van der Waals surface area (Å²) in [6, 6.07) is 22.8. The minimum atomic E-state index is -1.10. The summed E-state index contributed by atoms with van der Waals surface area (Å²) in [6.45, 7) is -0.121. The lowest BCUT2D eigenvalue weighted by atomic mass is 9.89. The maximum Gasteiger partial charge on any atom is 0.251 e. The van der Waals surface area contributed by atoms with Crippen LogP contribution in [0.5, 0.6) is 0 Å². The molecule has 16 heteroatoms. The number of Topliss-reactive ketones (excluding diaryl/α,β-unsaturated/α-hetero) is 2. The summed E-state index contributed by atoms with van der Waals surface area (Å²) in [5.74, 6) is -5.18. The fourth-order valence-corrected chi connectivity index (χ4v) is 6.81. The lowest BCUT2D eigenvalue weighted by Crippen LogP contribution is -2.50. The van der Waals surface area contributed by atoms with Gasteiger partial charge in [-0.1, -0.05) is 66.7 Å². The van der Waals surface area contributed by atoms with Crippen LogP contribution in [0.15, 0.2) is 109 Å². The zero-order valence-electron chi connectivity index (χ0n) is 32.6. The Bertz CT molecular complexity index is 2220. The minimum absolute atomic E-state index is 0.0933. The van der Waals surface area contributed by atoms with Crippen LogP contribution in [0.2, 0.25) is 0 Å². The van der Waals surface area contributed by atoms with Crippen LogP contribution < -0.4 is 33.2 Å². The fourth-order valence-electron chi connectivity index (χ4n) is 6.81. The molecule has 3 aromatic carbocycles. The van der Waals surface area contributed by atoms with Crippen molar-refractivity contribution in [1.29, 1.82) is 0 Å². The zero-order valence-corrected chi connectivity index (χ0v) is 32.6. The van der Waals surface area contributed by atoms with Gasteiger partial charge in [0.15, 0.2) is 17.5 Å². The molecule has 0 spiro atoms. The minimum Gasteiger partial charge on any atom is -0.370 e. The fraction of sp³-hybridized carbons (Fsp3) is 0.302. The van der Waals surface area contributed by atoms with Gasteiger partial charge in [-0.3, -0.25) is 33.8 Å². The molecule has 5 aromatic rings. The molecular formula is C43H50N10O6. The number of aromatic amines is 2. The SMILES string of the molecule is NC(=O)[C@H](Cc1c[nH]c2ccccc12)NC(=O)[C@H](CCCN=C(N)N)CC(=O)[C@@H](Cc1ccccc1)NC(=O)[C@@H](CC(=O)CNC(=O)c1ccccc1)Cc1cnc[nH]1. The van der Waals surface area contributed by atoms with E-state index < -0.39 is 59.1 Å². The van der Waals surface area contributed by atoms with Gasteiger partial charge >= 0.3 is 0 Å². The topological polar surface area (TPSA) is 273 Å². The molecule has 0 bridgehead atoms. The Morgan fingerprint density at radius 3 is 2.10 bits per heavy atom. The molecule has 308 valence electrons. The molecule has 0 saturated heterocycles. The number of para-hydroxylation sites is 1. The zero-order chi connectivity index (χ0) is 42.1. The van der Waals surface area contributed by atoms with Gasteiger partial charge in [-0.25, -0.2) is 4.98 Å². The molecule has 0 unspecified atom stereocenters. The highest BCUT2D eigenvalue weighted by Gasteiger charge is 2.32. The summed E-state index contributed by atoms with van der Waals surface area (Å²) in [6.07, 6.45) is 5.00. The van der Waals surface area contributed by atoms with E-state index in [0.29, 0.717) is 17.7 Å². The second-order valence-corrected chi connectivity index (χ2v) is 14.4. The van der Waals surface area contributed by atoms with Gasteiger partial charge in [-0.2, -0.15) is 0 Å². The van der Waals surface area contributed by atoms with E-state index in [4.69, 9.17) is 17.2 Å². The standard InChI is InChI=1S/C43H50N10O6/c44-39(56)37(21-31-23-49-35-16-8-7-15-34(31)35)53-41(58)29(14-9-17-48-43(45)46)22-38(55)36(18-27-10-3-1-4-11-27)52-42(59)30(19-32-24-47-26-51-32)20-33(54)25-50-40(57)28-12-5-2-6-13-28/h1-8,10-13,15-16,23-24,26,29-30,36-37,49H,9,14,17-22,25H2,(H2,44,56)(H,47,51)(H,50,57)(H,52,59)(H,53,58)(H4,45,46,48)/t29-,30-,36-,37+/m1/s1. The molecule has 2 heterocycles. The average Bonchev–Trinajstić information content (AvgIpc) is 3.91. The van der Waals surface area contributed by atoms with E-state index in [0.717, 1.165) is 22.0 Å². The van der Waals surface area contributed by atoms with E-state index in [1.807, 2.05) is 42.5 Å². The lowest BCUT2D eigenvalue weighted by molar-refractivity contribution is -0.134. The van der Waals surface area contributed by atoms with Gasteiger partial charge in [-0.05, 0) is 48.6 Å². The number of amides is 4. The number of benzene rings is 3. The summed E-state index contributed by atoms with van der Waals surface area (Å²) in [4.78, 5) is 95.1. The Labute approximate surface area is 341 Å².